The molecule has 3 aromatic rings. The van der Waals surface area contributed by atoms with Crippen LogP contribution in [0.25, 0.3) is 10.9 Å². The van der Waals surface area contributed by atoms with Crippen LogP contribution in [-0.4, -0.2) is 16.2 Å². The predicted octanol–water partition coefficient (Wildman–Crippen LogP) is 2.85. The summed E-state index contributed by atoms with van der Waals surface area (Å²) in [6, 6.07) is 13.0. The van der Waals surface area contributed by atoms with Crippen LogP contribution in [0.3, 0.4) is 0 Å². The first-order valence-corrected chi connectivity index (χ1v) is 8.57. The summed E-state index contributed by atoms with van der Waals surface area (Å²) in [6.07, 6.45) is 0. The van der Waals surface area contributed by atoms with Crippen molar-refractivity contribution in [3.05, 3.63) is 64.3 Å². The van der Waals surface area contributed by atoms with Gasteiger partial charge >= 0.3 is 0 Å². The molecule has 1 aromatic carbocycles. The van der Waals surface area contributed by atoms with Crippen LogP contribution in [0, 0.1) is 6.92 Å². The Kier molecular flexibility index (Phi) is 4.76. The van der Waals surface area contributed by atoms with Crippen LogP contribution < -0.4 is 10.9 Å². The lowest BCUT2D eigenvalue weighted by molar-refractivity contribution is -0.118. The van der Waals surface area contributed by atoms with Gasteiger partial charge in [0.15, 0.2) is 0 Å². The minimum absolute atomic E-state index is 0.0809. The molecular weight excluding hydrogens is 324 g/mol. The average molecular weight is 342 g/mol. The number of hydrogen-bond donors (Lipinski definition) is 1. The van der Waals surface area contributed by atoms with Gasteiger partial charge in [0.2, 0.25) is 5.91 Å². The van der Waals surface area contributed by atoms with Crippen molar-refractivity contribution in [2.75, 3.05) is 5.75 Å². The number of nitrogens with zero attached hydrogens (tertiary/aromatic N) is 1. The van der Waals surface area contributed by atoms with Crippen molar-refractivity contribution in [3.8, 4) is 0 Å². The molecule has 0 saturated carbocycles. The highest BCUT2D eigenvalue weighted by Gasteiger charge is 2.09. The number of amides is 1. The number of carbonyl (C=O) groups is 1. The fourth-order valence-corrected chi connectivity index (χ4v) is 3.36. The Labute approximate surface area is 143 Å². The van der Waals surface area contributed by atoms with E-state index in [1.54, 1.807) is 17.7 Å². The molecule has 3 rings (SSSR count). The second-order valence-electron chi connectivity index (χ2n) is 5.50. The summed E-state index contributed by atoms with van der Waals surface area (Å²) in [7, 11) is 1.75. The van der Waals surface area contributed by atoms with Crippen molar-refractivity contribution >= 4 is 28.6 Å². The van der Waals surface area contributed by atoms with E-state index in [-0.39, 0.29) is 17.2 Å². The van der Waals surface area contributed by atoms with Crippen LogP contribution in [0.5, 0.6) is 0 Å². The zero-order chi connectivity index (χ0) is 17.1. The molecule has 0 saturated heterocycles. The maximum absolute atomic E-state index is 12.0. The number of pyridine rings is 1. The van der Waals surface area contributed by atoms with Crippen LogP contribution in [0.2, 0.25) is 0 Å². The van der Waals surface area contributed by atoms with Gasteiger partial charge in [0.25, 0.3) is 5.56 Å². The Bertz CT molecular complexity index is 943. The van der Waals surface area contributed by atoms with Gasteiger partial charge < -0.3 is 14.3 Å². The van der Waals surface area contributed by atoms with Gasteiger partial charge in [0.1, 0.15) is 11.5 Å². The molecule has 24 heavy (non-hydrogen) atoms. The average Bonchev–Trinajstić information content (AvgIpc) is 3.00. The van der Waals surface area contributed by atoms with Crippen molar-refractivity contribution in [2.45, 2.75) is 18.4 Å². The van der Waals surface area contributed by atoms with E-state index in [4.69, 9.17) is 4.42 Å². The maximum Gasteiger partial charge on any atom is 0.251 e. The number of hydrogen-bond acceptors (Lipinski definition) is 4. The van der Waals surface area contributed by atoms with E-state index in [0.717, 1.165) is 27.3 Å². The van der Waals surface area contributed by atoms with Gasteiger partial charge in [-0.1, -0.05) is 18.2 Å². The smallest absolute Gasteiger partial charge is 0.251 e. The molecule has 0 fully saturated rings. The Morgan fingerprint density at radius 1 is 1.25 bits per heavy atom. The van der Waals surface area contributed by atoms with Gasteiger partial charge in [-0.25, -0.2) is 0 Å². The Hall–Kier alpha value is -2.47. The lowest BCUT2D eigenvalue weighted by Gasteiger charge is -2.09. The maximum atomic E-state index is 12.0. The van der Waals surface area contributed by atoms with Gasteiger partial charge in [-0.05, 0) is 25.1 Å². The zero-order valence-corrected chi connectivity index (χ0v) is 14.4. The van der Waals surface area contributed by atoms with Gasteiger partial charge in [0, 0.05) is 23.4 Å². The summed E-state index contributed by atoms with van der Waals surface area (Å²) in [5, 5.41) is 3.79. The van der Waals surface area contributed by atoms with Crippen molar-refractivity contribution in [1.29, 1.82) is 0 Å². The summed E-state index contributed by atoms with van der Waals surface area (Å²) in [5.41, 5.74) is 0.779. The molecule has 0 atom stereocenters. The van der Waals surface area contributed by atoms with E-state index in [0.29, 0.717) is 6.54 Å². The van der Waals surface area contributed by atoms with Gasteiger partial charge in [-0.15, -0.1) is 11.8 Å². The largest absolute Gasteiger partial charge is 0.465 e. The number of aromatic nitrogens is 1. The quantitative estimate of drug-likeness (QED) is 0.724. The summed E-state index contributed by atoms with van der Waals surface area (Å²) in [4.78, 5) is 24.9. The number of thioether (sulfide) groups is 1. The highest BCUT2D eigenvalue weighted by molar-refractivity contribution is 8.00. The van der Waals surface area contributed by atoms with E-state index in [1.165, 1.54) is 11.8 Å². The van der Waals surface area contributed by atoms with E-state index >= 15 is 0 Å². The number of benzene rings is 1. The second-order valence-corrected chi connectivity index (χ2v) is 6.52. The Morgan fingerprint density at radius 2 is 2.04 bits per heavy atom. The first-order chi connectivity index (χ1) is 11.5. The third-order valence-electron chi connectivity index (χ3n) is 3.73. The molecule has 0 aliphatic heterocycles. The molecule has 124 valence electrons. The minimum Gasteiger partial charge on any atom is -0.465 e. The minimum atomic E-state index is -0.0983. The molecule has 1 amide bonds. The normalized spacial score (nSPS) is 10.9. The number of para-hydroxylation sites is 1. The standard InChI is InChI=1S/C18H18N2O3S/c1-12-7-8-13(23-12)10-19-17(21)11-24-16-9-18(22)20(2)15-6-4-3-5-14(15)16/h3-9H,10-11H2,1-2H3,(H,19,21). The molecule has 1 N–H and O–H groups in total. The van der Waals surface area contributed by atoms with Crippen molar-refractivity contribution in [3.63, 3.8) is 0 Å². The third kappa shape index (κ3) is 3.54. The van der Waals surface area contributed by atoms with Crippen LogP contribution >= 0.6 is 11.8 Å². The fraction of sp³-hybridized carbons (Fsp3) is 0.222. The van der Waals surface area contributed by atoms with Gasteiger partial charge in [0.05, 0.1) is 17.8 Å². The number of fused-ring (bicyclic) bond motifs is 1. The second kappa shape index (κ2) is 6.97. The van der Waals surface area contributed by atoms with E-state index in [1.807, 2.05) is 43.3 Å². The highest BCUT2D eigenvalue weighted by atomic mass is 32.2. The monoisotopic (exact) mass is 342 g/mol. The first kappa shape index (κ1) is 16.4. The lowest BCUT2D eigenvalue weighted by Crippen LogP contribution is -2.24. The topological polar surface area (TPSA) is 64.2 Å². The number of rotatable bonds is 5. The summed E-state index contributed by atoms with van der Waals surface area (Å²) >= 11 is 1.37. The summed E-state index contributed by atoms with van der Waals surface area (Å²) in [6.45, 7) is 2.23. The molecule has 2 aromatic heterocycles. The van der Waals surface area contributed by atoms with Gasteiger partial charge in [-0.2, -0.15) is 0 Å². The van der Waals surface area contributed by atoms with Crippen molar-refractivity contribution < 1.29 is 9.21 Å². The Balaban J connectivity index is 1.68. The molecule has 2 heterocycles. The number of carbonyl (C=O) groups excluding carboxylic acids is 1. The summed E-state index contributed by atoms with van der Waals surface area (Å²) < 4.78 is 7.03. The highest BCUT2D eigenvalue weighted by Crippen LogP contribution is 2.25. The van der Waals surface area contributed by atoms with Crippen molar-refractivity contribution in [1.82, 2.24) is 9.88 Å². The molecule has 6 heteroatoms. The van der Waals surface area contributed by atoms with Gasteiger partial charge in [-0.3, -0.25) is 9.59 Å². The van der Waals surface area contributed by atoms with Crippen molar-refractivity contribution in [2.24, 2.45) is 7.05 Å². The molecule has 0 radical (unpaired) electrons. The molecule has 0 unspecified atom stereocenters. The van der Waals surface area contributed by atoms with E-state index < -0.39 is 0 Å². The van der Waals surface area contributed by atoms with Crippen LogP contribution in [0.4, 0.5) is 0 Å². The molecule has 0 bridgehead atoms. The molecule has 0 aliphatic carbocycles. The SMILES string of the molecule is Cc1ccc(CNC(=O)CSc2cc(=O)n(C)c3ccccc23)o1. The Morgan fingerprint density at radius 3 is 2.79 bits per heavy atom. The van der Waals surface area contributed by atoms with Crippen LogP contribution in [0.1, 0.15) is 11.5 Å². The molecule has 5 nitrogen and oxygen atoms in total. The number of nitrogens with one attached hydrogen (secondary N) is 1. The number of aryl methyl sites for hydroxylation is 2. The van der Waals surface area contributed by atoms with Crippen LogP contribution in [0.15, 0.2) is 56.6 Å². The third-order valence-corrected chi connectivity index (χ3v) is 4.79. The van der Waals surface area contributed by atoms with Crippen LogP contribution in [-0.2, 0) is 18.4 Å². The molecular formula is C18H18N2O3S. The number of furan rings is 1. The van der Waals surface area contributed by atoms with E-state index in [9.17, 15) is 9.59 Å². The summed E-state index contributed by atoms with van der Waals surface area (Å²) in [5.74, 6) is 1.69. The molecule has 0 aliphatic rings. The first-order valence-electron chi connectivity index (χ1n) is 7.58. The predicted molar refractivity (Wildman–Crippen MR) is 95.2 cm³/mol. The van der Waals surface area contributed by atoms with E-state index in [2.05, 4.69) is 5.32 Å². The lowest BCUT2D eigenvalue weighted by atomic mass is 10.2. The molecule has 0 spiro atoms. The zero-order valence-electron chi connectivity index (χ0n) is 13.5. The fourth-order valence-electron chi connectivity index (χ4n) is 2.46.